The third kappa shape index (κ3) is 4.79. The SMILES string of the molecule is CC(C)(C)O.Cc1cc2[nH]c(=O)ccc2c(-c2ccc3c4c(ccnc24)CCO3)c1CC(=O)O. The van der Waals surface area contributed by atoms with Crippen molar-refractivity contribution in [3.05, 3.63) is 69.6 Å². The Labute approximate surface area is 197 Å². The number of aliphatic hydroxyl groups is 1. The third-order valence-corrected chi connectivity index (χ3v) is 5.52. The van der Waals surface area contributed by atoms with Gasteiger partial charge in [-0.2, -0.15) is 0 Å². The van der Waals surface area contributed by atoms with E-state index >= 15 is 0 Å². The fraction of sp³-hybridized carbons (Fsp3) is 0.296. The predicted molar refractivity (Wildman–Crippen MR) is 133 cm³/mol. The van der Waals surface area contributed by atoms with E-state index in [1.165, 1.54) is 11.6 Å². The van der Waals surface area contributed by atoms with Crippen molar-refractivity contribution in [3.63, 3.8) is 0 Å². The highest BCUT2D eigenvalue weighted by molar-refractivity contribution is 6.07. The molecule has 3 N–H and O–H groups in total. The third-order valence-electron chi connectivity index (χ3n) is 5.52. The van der Waals surface area contributed by atoms with E-state index < -0.39 is 11.6 Å². The summed E-state index contributed by atoms with van der Waals surface area (Å²) in [5, 5.41) is 19.8. The van der Waals surface area contributed by atoms with E-state index in [0.717, 1.165) is 50.7 Å². The Morgan fingerprint density at radius 2 is 1.91 bits per heavy atom. The quantitative estimate of drug-likeness (QED) is 0.418. The summed E-state index contributed by atoms with van der Waals surface area (Å²) >= 11 is 0. The van der Waals surface area contributed by atoms with E-state index in [1.807, 2.05) is 31.2 Å². The summed E-state index contributed by atoms with van der Waals surface area (Å²) in [4.78, 5) is 31.0. The number of benzene rings is 2. The molecule has 2 aromatic carbocycles. The largest absolute Gasteiger partial charge is 0.493 e. The topological polar surface area (TPSA) is 113 Å². The summed E-state index contributed by atoms with van der Waals surface area (Å²) in [6, 6.07) is 10.9. The van der Waals surface area contributed by atoms with Gasteiger partial charge in [-0.05, 0) is 80.3 Å². The lowest BCUT2D eigenvalue weighted by Crippen LogP contribution is -2.10. The molecular formula is C27H28N2O5. The van der Waals surface area contributed by atoms with E-state index in [0.29, 0.717) is 12.1 Å². The number of carboxylic acids is 1. The standard InChI is InChI=1S/C23H18N2O4.C4H10O/c1-12-10-17-14(3-5-19(26)25-17)22(16(12)11-20(27)28)15-2-4-18-21-13(7-9-29-18)6-8-24-23(15)21;1-4(2,3)5/h2-6,8,10H,7,9,11H2,1H3,(H,25,26)(H,27,28);5H,1-3H3. The fourth-order valence-corrected chi connectivity index (χ4v) is 4.28. The van der Waals surface area contributed by atoms with Gasteiger partial charge in [0.1, 0.15) is 5.75 Å². The van der Waals surface area contributed by atoms with Crippen LogP contribution in [0.2, 0.25) is 0 Å². The van der Waals surface area contributed by atoms with Crippen molar-refractivity contribution in [2.75, 3.05) is 6.61 Å². The molecule has 5 rings (SSSR count). The molecule has 0 saturated heterocycles. The average Bonchev–Trinajstić information content (AvgIpc) is 2.74. The Kier molecular flexibility index (Phi) is 6.15. The molecule has 0 spiro atoms. The molecule has 0 amide bonds. The second-order valence-corrected chi connectivity index (χ2v) is 9.48. The lowest BCUT2D eigenvalue weighted by Gasteiger charge is -2.21. The smallest absolute Gasteiger partial charge is 0.307 e. The van der Waals surface area contributed by atoms with Gasteiger partial charge in [-0.25, -0.2) is 0 Å². The predicted octanol–water partition coefficient (Wildman–Crippen LogP) is 4.39. The number of H-pyrrole nitrogens is 1. The maximum absolute atomic E-state index is 11.9. The van der Waals surface area contributed by atoms with E-state index in [9.17, 15) is 14.7 Å². The van der Waals surface area contributed by atoms with Gasteiger partial charge in [0, 0.05) is 40.5 Å². The maximum Gasteiger partial charge on any atom is 0.307 e. The number of ether oxygens (including phenoxy) is 1. The molecule has 7 nitrogen and oxygen atoms in total. The number of pyridine rings is 2. The van der Waals surface area contributed by atoms with Crippen LogP contribution in [-0.4, -0.2) is 38.4 Å². The molecule has 2 aromatic heterocycles. The van der Waals surface area contributed by atoms with E-state index in [-0.39, 0.29) is 12.0 Å². The molecule has 7 heteroatoms. The normalized spacial score (nSPS) is 12.7. The number of aliphatic carboxylic acids is 1. The molecule has 0 atom stereocenters. The molecule has 34 heavy (non-hydrogen) atoms. The number of hydrogen-bond donors (Lipinski definition) is 3. The number of hydrogen-bond acceptors (Lipinski definition) is 5. The van der Waals surface area contributed by atoms with Crippen molar-refractivity contribution in [3.8, 4) is 16.9 Å². The number of aromatic nitrogens is 2. The molecule has 0 fully saturated rings. The van der Waals surface area contributed by atoms with Crippen molar-refractivity contribution in [2.45, 2.75) is 46.1 Å². The second kappa shape index (κ2) is 8.91. The van der Waals surface area contributed by atoms with Crippen LogP contribution in [0.1, 0.15) is 37.5 Å². The van der Waals surface area contributed by atoms with Crippen molar-refractivity contribution in [1.29, 1.82) is 0 Å². The average molecular weight is 461 g/mol. The first kappa shape index (κ1) is 23.4. The van der Waals surface area contributed by atoms with Crippen molar-refractivity contribution >= 4 is 27.8 Å². The zero-order chi connectivity index (χ0) is 24.6. The fourth-order valence-electron chi connectivity index (χ4n) is 4.28. The van der Waals surface area contributed by atoms with Gasteiger partial charge in [-0.1, -0.05) is 0 Å². The van der Waals surface area contributed by atoms with Crippen LogP contribution >= 0.6 is 0 Å². The number of aryl methyl sites for hydroxylation is 1. The van der Waals surface area contributed by atoms with Gasteiger partial charge in [-0.3, -0.25) is 14.6 Å². The molecule has 0 bridgehead atoms. The number of nitrogens with zero attached hydrogens (tertiary/aromatic N) is 1. The molecule has 1 aliphatic rings. The summed E-state index contributed by atoms with van der Waals surface area (Å²) in [7, 11) is 0. The van der Waals surface area contributed by atoms with Gasteiger partial charge >= 0.3 is 5.97 Å². The van der Waals surface area contributed by atoms with Crippen LogP contribution in [0.5, 0.6) is 5.75 Å². The van der Waals surface area contributed by atoms with Crippen LogP contribution < -0.4 is 10.3 Å². The Morgan fingerprint density at radius 1 is 1.18 bits per heavy atom. The number of rotatable bonds is 3. The first-order chi connectivity index (χ1) is 16.0. The van der Waals surface area contributed by atoms with Crippen molar-refractivity contribution in [2.24, 2.45) is 0 Å². The number of aromatic amines is 1. The van der Waals surface area contributed by atoms with Crippen LogP contribution in [0.3, 0.4) is 0 Å². The molecule has 4 aromatic rings. The van der Waals surface area contributed by atoms with Crippen molar-refractivity contribution in [1.82, 2.24) is 9.97 Å². The van der Waals surface area contributed by atoms with Crippen LogP contribution in [0.15, 0.2) is 47.4 Å². The number of carboxylic acid groups (broad SMARTS) is 1. The lowest BCUT2D eigenvalue weighted by molar-refractivity contribution is -0.136. The second-order valence-electron chi connectivity index (χ2n) is 9.48. The summed E-state index contributed by atoms with van der Waals surface area (Å²) in [6.07, 6.45) is 2.47. The molecule has 0 aliphatic carbocycles. The summed E-state index contributed by atoms with van der Waals surface area (Å²) < 4.78 is 5.83. The number of fused-ring (bicyclic) bond motifs is 1. The van der Waals surface area contributed by atoms with Gasteiger partial charge in [0.25, 0.3) is 0 Å². The molecule has 0 unspecified atom stereocenters. The minimum atomic E-state index is -0.905. The highest BCUT2D eigenvalue weighted by Crippen LogP contribution is 2.41. The van der Waals surface area contributed by atoms with E-state index in [4.69, 9.17) is 9.84 Å². The molecule has 3 heterocycles. The Hall–Kier alpha value is -3.71. The van der Waals surface area contributed by atoms with E-state index in [2.05, 4.69) is 9.97 Å². The zero-order valence-corrected chi connectivity index (χ0v) is 19.7. The molecule has 0 radical (unpaired) electrons. The maximum atomic E-state index is 11.9. The van der Waals surface area contributed by atoms with Crippen LogP contribution in [0.4, 0.5) is 0 Å². The van der Waals surface area contributed by atoms with Gasteiger partial charge in [-0.15, -0.1) is 0 Å². The minimum Gasteiger partial charge on any atom is -0.493 e. The summed E-state index contributed by atoms with van der Waals surface area (Å²) in [5.41, 5.74) is 5.10. The summed E-state index contributed by atoms with van der Waals surface area (Å²) in [6.45, 7) is 7.73. The van der Waals surface area contributed by atoms with Crippen molar-refractivity contribution < 1.29 is 19.7 Å². The van der Waals surface area contributed by atoms with Gasteiger partial charge < -0.3 is 19.9 Å². The van der Waals surface area contributed by atoms with Crippen LogP contribution in [0, 0.1) is 6.92 Å². The Morgan fingerprint density at radius 3 is 2.62 bits per heavy atom. The Bertz CT molecular complexity index is 1450. The molecular weight excluding hydrogens is 432 g/mol. The monoisotopic (exact) mass is 460 g/mol. The molecule has 0 saturated carbocycles. The van der Waals surface area contributed by atoms with Crippen LogP contribution in [0.25, 0.3) is 32.9 Å². The molecule has 176 valence electrons. The zero-order valence-electron chi connectivity index (χ0n) is 19.7. The Balaban J connectivity index is 0.000000499. The van der Waals surface area contributed by atoms with Gasteiger partial charge in [0.05, 0.1) is 24.1 Å². The minimum absolute atomic E-state index is 0.115. The lowest BCUT2D eigenvalue weighted by atomic mass is 9.88. The first-order valence-electron chi connectivity index (χ1n) is 11.2. The van der Waals surface area contributed by atoms with Gasteiger partial charge in [0.15, 0.2) is 0 Å². The number of carbonyl (C=O) groups is 1. The van der Waals surface area contributed by atoms with E-state index in [1.54, 1.807) is 33.0 Å². The highest BCUT2D eigenvalue weighted by atomic mass is 16.5. The van der Waals surface area contributed by atoms with Crippen LogP contribution in [-0.2, 0) is 17.6 Å². The number of nitrogens with one attached hydrogen (secondary N) is 1. The first-order valence-corrected chi connectivity index (χ1v) is 11.2. The summed E-state index contributed by atoms with van der Waals surface area (Å²) in [5.74, 6) is -0.111. The molecule has 1 aliphatic heterocycles. The van der Waals surface area contributed by atoms with Gasteiger partial charge in [0.2, 0.25) is 5.56 Å². The highest BCUT2D eigenvalue weighted by Gasteiger charge is 2.22.